The summed E-state index contributed by atoms with van der Waals surface area (Å²) >= 11 is 0. The maximum absolute atomic E-state index is 12.4. The molecule has 4 amide bonds. The van der Waals surface area contributed by atoms with Crippen molar-refractivity contribution in [2.24, 2.45) is 17.8 Å². The van der Waals surface area contributed by atoms with Gasteiger partial charge in [-0.2, -0.15) is 15.8 Å². The number of piperidine rings is 4. The van der Waals surface area contributed by atoms with Crippen LogP contribution in [0.2, 0.25) is 0 Å². The Balaban J connectivity index is 0.000000167. The summed E-state index contributed by atoms with van der Waals surface area (Å²) in [6.07, 6.45) is 20.7. The zero-order valence-corrected chi connectivity index (χ0v) is 63.8. The molecule has 0 aromatic carbocycles. The molecule has 30 nitrogen and oxygen atoms in total. The van der Waals surface area contributed by atoms with E-state index < -0.39 is 11.9 Å². The van der Waals surface area contributed by atoms with Crippen molar-refractivity contribution in [2.45, 2.75) is 149 Å². The number of nitrogens with zero attached hydrogens (tertiary/aromatic N) is 13. The van der Waals surface area contributed by atoms with E-state index in [-0.39, 0.29) is 98.1 Å². The summed E-state index contributed by atoms with van der Waals surface area (Å²) in [6, 6.07) is 13.9. The third kappa shape index (κ3) is 19.9. The van der Waals surface area contributed by atoms with Crippen LogP contribution in [0.1, 0.15) is 138 Å². The van der Waals surface area contributed by atoms with Gasteiger partial charge in [-0.15, -0.1) is 0 Å². The largest absolute Gasteiger partial charge is 0.462 e. The van der Waals surface area contributed by atoms with Crippen LogP contribution in [0.3, 0.4) is 0 Å². The monoisotopic (exact) mass is 1490 g/mol. The Bertz CT molecular complexity index is 4710. The number of pyridine rings is 4. The molecule has 4 aliphatic heterocycles. The molecule has 30 heteroatoms. The number of Topliss-reactive ketones (excluding diaryl/α,β-unsaturated/α-hetero) is 2. The van der Waals surface area contributed by atoms with Gasteiger partial charge in [-0.3, -0.25) is 24.0 Å². The van der Waals surface area contributed by atoms with Crippen LogP contribution in [0, 0.1) is 51.7 Å². The zero-order valence-electron chi connectivity index (χ0n) is 63.8. The lowest BCUT2D eigenvalue weighted by Crippen LogP contribution is -2.52. The predicted molar refractivity (Wildman–Crippen MR) is 413 cm³/mol. The Morgan fingerprint density at radius 3 is 1.49 bits per heavy atom. The first-order chi connectivity index (χ1) is 52.4. The molecule has 0 spiro atoms. The van der Waals surface area contributed by atoms with Gasteiger partial charge in [0.2, 0.25) is 23.6 Å². The maximum atomic E-state index is 12.4. The number of esters is 2. The van der Waals surface area contributed by atoms with Crippen molar-refractivity contribution in [1.29, 1.82) is 15.8 Å². The Labute approximate surface area is 633 Å². The van der Waals surface area contributed by atoms with Crippen LogP contribution < -0.4 is 20.4 Å². The number of hydrogen-bond acceptors (Lipinski definition) is 22. The van der Waals surface area contributed by atoms with Crippen molar-refractivity contribution in [2.75, 3.05) is 101 Å². The van der Waals surface area contributed by atoms with Gasteiger partial charge in [0.05, 0.1) is 47.6 Å². The average Bonchev–Trinajstić information content (AvgIpc) is 1.72. The average molecular weight is 1490 g/mol. The van der Waals surface area contributed by atoms with E-state index in [2.05, 4.69) is 94.7 Å². The third-order valence-electron chi connectivity index (χ3n) is 20.9. The van der Waals surface area contributed by atoms with E-state index in [0.717, 1.165) is 87.4 Å². The van der Waals surface area contributed by atoms with Crippen molar-refractivity contribution < 1.29 is 52.6 Å². The molecule has 8 aromatic rings. The number of likely N-dealkylation sites (tertiary alicyclic amines) is 4. The number of H-pyrrole nitrogens is 4. The molecule has 0 aliphatic carbocycles. The number of methoxy groups -OCH3 is 1. The minimum absolute atomic E-state index is 0.000393. The summed E-state index contributed by atoms with van der Waals surface area (Å²) in [5.74, 6) is -0.0979. The molecule has 109 heavy (non-hydrogen) atoms. The molecule has 0 radical (unpaired) electrons. The SMILES string of the molecule is C=CC(=O)N1C[C@H](Nc2c(C(=O)OCOC)cnc3[nH]ccc23)CC[C@@H]1C.CC(=O)CCc1cnc2[nH]ccc2c1N(C)[C@H]1CN(C(=O)CC#N)CC[C@H]1C.CC(=O)Cc1cnc2[nH]ccc2c1N(C)[C@H]1CN(C(=O)CC#N)CC[C@H]1C.CCOC(=O)c1cnc2[nH]ccc2c1NC1CN(C(=O)CC#N)CCC1C. The van der Waals surface area contributed by atoms with Crippen LogP contribution in [-0.4, -0.2) is 217 Å². The number of likely N-dealkylation sites (N-methyl/N-ethyl adjacent to an activating group) is 2. The highest BCUT2D eigenvalue weighted by atomic mass is 16.7. The maximum Gasteiger partial charge on any atom is 0.343 e. The zero-order chi connectivity index (χ0) is 78.6. The lowest BCUT2D eigenvalue weighted by Gasteiger charge is -2.43. The molecule has 4 aliphatic rings. The van der Waals surface area contributed by atoms with Crippen LogP contribution in [-0.2, 0) is 55.8 Å². The van der Waals surface area contributed by atoms with Gasteiger partial charge in [-0.1, -0.05) is 27.4 Å². The second-order valence-electron chi connectivity index (χ2n) is 28.3. The summed E-state index contributed by atoms with van der Waals surface area (Å²) in [4.78, 5) is 138. The smallest absolute Gasteiger partial charge is 0.343 e. The van der Waals surface area contributed by atoms with E-state index in [0.29, 0.717) is 117 Å². The Morgan fingerprint density at radius 1 is 0.578 bits per heavy atom. The Morgan fingerprint density at radius 2 is 1.02 bits per heavy atom. The van der Waals surface area contributed by atoms with Crippen molar-refractivity contribution in [3.05, 3.63) is 109 Å². The molecule has 0 saturated carbocycles. The molecule has 0 bridgehead atoms. The standard InChI is InChI=1S/C21H27N5O2.C20H25N5O2.C19H23N5O3.C19H24N4O4/c1-14-8-11-26(19(28)6-9-22)13-18(14)25(3)20-16(5-4-15(2)27)12-24-21-17(20)7-10-23-21;1-13-6-9-25(18(27)4-7-21)12-17(13)24(3)19-15(10-14(2)26)11-23-20-16(19)5-8-22-20;1-3-27-19(26)14-10-22-18-13(5-8-21-18)17(14)23-15-11-24(9-6-12(15)2)16(25)4-7-20;1-4-16(24)23-10-13(6-5-12(23)2)22-17-14-7-8-20-18(14)21-9-15(17)19(25)27-11-26-3/h7,10,12,14,18H,4-6,8,11,13H2,1-3H3,(H,23,24);5,8,11,13,17H,4,6,9-10,12H2,1-3H3,(H,22,23);5,8,10,12,15H,3-4,6,9,11H2,1-2H3,(H2,21,22,23);4,7-9,12-13H,1,5-6,10-11H2,2-3H3,(H2,20,21,22)/t14-,18+;13-,17+;;12-,13+/m11.0/s1. The molecular formula is C79H99N19O11. The quantitative estimate of drug-likeness (QED) is 0.0209. The lowest BCUT2D eigenvalue weighted by atomic mass is 9.91. The van der Waals surface area contributed by atoms with Crippen molar-refractivity contribution in [1.82, 2.24) is 59.5 Å². The number of rotatable bonds is 22. The number of carbonyl (C=O) groups excluding carboxylic acids is 8. The summed E-state index contributed by atoms with van der Waals surface area (Å²) in [5.41, 5.74) is 8.94. The topological polar surface area (TPSA) is 394 Å². The molecule has 12 heterocycles. The lowest BCUT2D eigenvalue weighted by molar-refractivity contribution is -0.132. The molecular weight excluding hydrogens is 1390 g/mol. The number of aromatic nitrogens is 8. The molecule has 6 N–H and O–H groups in total. The Hall–Kier alpha value is -11.7. The number of aromatic amines is 4. The first kappa shape index (κ1) is 81.4. The van der Waals surface area contributed by atoms with Crippen LogP contribution in [0.5, 0.6) is 0 Å². The number of nitriles is 3. The summed E-state index contributed by atoms with van der Waals surface area (Å²) in [5, 5.41) is 37.0. The van der Waals surface area contributed by atoms with Crippen LogP contribution >= 0.6 is 0 Å². The minimum Gasteiger partial charge on any atom is -0.462 e. The van der Waals surface area contributed by atoms with Gasteiger partial charge in [0.1, 0.15) is 64.5 Å². The van der Waals surface area contributed by atoms with Gasteiger partial charge in [0.15, 0.2) is 6.79 Å². The number of hydrogen-bond donors (Lipinski definition) is 6. The summed E-state index contributed by atoms with van der Waals surface area (Å²) < 4.78 is 15.1. The van der Waals surface area contributed by atoms with Crippen molar-refractivity contribution in [3.63, 3.8) is 0 Å². The third-order valence-corrected chi connectivity index (χ3v) is 20.9. The van der Waals surface area contributed by atoms with Crippen LogP contribution in [0.25, 0.3) is 44.1 Å². The molecule has 2 unspecified atom stereocenters. The van der Waals surface area contributed by atoms with E-state index in [1.807, 2.05) is 75.0 Å². The van der Waals surface area contributed by atoms with Gasteiger partial charge < -0.3 is 79.0 Å². The fraction of sp³-hybridized carbons (Fsp3) is 0.481. The first-order valence-electron chi connectivity index (χ1n) is 36.9. The fourth-order valence-corrected chi connectivity index (χ4v) is 14.8. The molecule has 4 saturated heterocycles. The van der Waals surface area contributed by atoms with E-state index in [4.69, 9.17) is 30.0 Å². The number of ketones is 2. The van der Waals surface area contributed by atoms with Crippen LogP contribution in [0.15, 0.2) is 86.5 Å². The molecule has 8 atom stereocenters. The number of fused-ring (bicyclic) bond motifs is 4. The van der Waals surface area contributed by atoms with Crippen molar-refractivity contribution >= 4 is 114 Å². The van der Waals surface area contributed by atoms with E-state index in [9.17, 15) is 38.4 Å². The van der Waals surface area contributed by atoms with E-state index >= 15 is 0 Å². The Kier molecular flexibility index (Phi) is 28.5. The number of ether oxygens (including phenoxy) is 3. The van der Waals surface area contributed by atoms with E-state index in [1.54, 1.807) is 59.0 Å². The number of aryl methyl sites for hydroxylation is 1. The fourth-order valence-electron chi connectivity index (χ4n) is 14.8. The predicted octanol–water partition coefficient (Wildman–Crippen LogP) is 9.56. The second kappa shape index (κ2) is 38.2. The number of carbonyl (C=O) groups is 8. The molecule has 4 fully saturated rings. The van der Waals surface area contributed by atoms with Gasteiger partial charge >= 0.3 is 11.9 Å². The normalized spacial score (nSPS) is 19.6. The van der Waals surface area contributed by atoms with Crippen molar-refractivity contribution in [3.8, 4) is 18.2 Å². The highest BCUT2D eigenvalue weighted by Crippen LogP contribution is 2.38. The summed E-state index contributed by atoms with van der Waals surface area (Å²) in [6.45, 7) is 21.4. The number of nitrogens with one attached hydrogen (secondary N) is 6. The molecule has 8 aromatic heterocycles. The van der Waals surface area contributed by atoms with Crippen LogP contribution in [0.4, 0.5) is 22.7 Å². The van der Waals surface area contributed by atoms with Gasteiger partial charge in [-0.05, 0) is 120 Å². The molecule has 12 rings (SSSR count). The minimum atomic E-state index is -0.516. The highest BCUT2D eigenvalue weighted by molar-refractivity contribution is 6.06. The number of anilines is 4. The van der Waals surface area contributed by atoms with E-state index in [1.165, 1.54) is 25.6 Å². The highest BCUT2D eigenvalue weighted by Gasteiger charge is 2.37. The summed E-state index contributed by atoms with van der Waals surface area (Å²) in [7, 11) is 5.53. The van der Waals surface area contributed by atoms with Gasteiger partial charge in [-0.25, -0.2) is 29.5 Å². The first-order valence-corrected chi connectivity index (χ1v) is 36.9. The van der Waals surface area contributed by atoms with Gasteiger partial charge in [0.25, 0.3) is 0 Å². The van der Waals surface area contributed by atoms with Gasteiger partial charge in [0, 0.05) is 187 Å². The molecule has 576 valence electrons. The number of amides is 4. The second-order valence-corrected chi connectivity index (χ2v) is 28.3.